The molecule has 1 fully saturated rings. The Hall–Kier alpha value is -3.95. The first-order valence-electron chi connectivity index (χ1n) is 8.80. The van der Waals surface area contributed by atoms with Crippen LogP contribution in [-0.4, -0.2) is 39.0 Å². The van der Waals surface area contributed by atoms with E-state index in [1.54, 1.807) is 0 Å². The van der Waals surface area contributed by atoms with Crippen LogP contribution in [0.25, 0.3) is 11.4 Å². The lowest BCUT2D eigenvalue weighted by atomic mass is 10.1. The van der Waals surface area contributed by atoms with Crippen molar-refractivity contribution in [3.8, 4) is 11.4 Å². The van der Waals surface area contributed by atoms with Crippen LogP contribution in [0.2, 0.25) is 0 Å². The summed E-state index contributed by atoms with van der Waals surface area (Å²) in [6, 6.07) is 12.6. The van der Waals surface area contributed by atoms with Gasteiger partial charge in [-0.3, -0.25) is 14.6 Å². The molecule has 0 N–H and O–H groups in total. The number of fused-ring (bicyclic) bond motifs is 1. The monoisotopic (exact) mass is 392 g/mol. The summed E-state index contributed by atoms with van der Waals surface area (Å²) in [7, 11) is 0. The Bertz CT molecular complexity index is 1110. The summed E-state index contributed by atoms with van der Waals surface area (Å²) in [6.45, 7) is 0.0285. The van der Waals surface area contributed by atoms with Crippen molar-refractivity contribution >= 4 is 17.5 Å². The van der Waals surface area contributed by atoms with Gasteiger partial charge >= 0.3 is 0 Å². The number of aromatic nitrogens is 2. The molecule has 2 amide bonds. The maximum atomic E-state index is 13.2. The molecule has 0 unspecified atom stereocenters. The summed E-state index contributed by atoms with van der Waals surface area (Å²) >= 11 is 0. The zero-order valence-electron chi connectivity index (χ0n) is 14.8. The van der Waals surface area contributed by atoms with Gasteiger partial charge in [0.2, 0.25) is 11.7 Å². The zero-order chi connectivity index (χ0) is 20.0. The number of halogens is 1. The van der Waals surface area contributed by atoms with Crippen molar-refractivity contribution in [1.29, 1.82) is 0 Å². The van der Waals surface area contributed by atoms with Crippen LogP contribution in [0, 0.1) is 5.82 Å². The highest BCUT2D eigenvalue weighted by Crippen LogP contribution is 2.32. The minimum Gasteiger partial charge on any atom is -0.337 e. The predicted octanol–water partition coefficient (Wildman–Crippen LogP) is 2.37. The van der Waals surface area contributed by atoms with Gasteiger partial charge in [-0.15, -0.1) is 0 Å². The number of amides is 2. The molecule has 3 heterocycles. The third-order valence-electron chi connectivity index (χ3n) is 4.74. The molecule has 0 spiro atoms. The van der Waals surface area contributed by atoms with Crippen LogP contribution in [0.1, 0.15) is 5.89 Å². The first kappa shape index (κ1) is 17.2. The van der Waals surface area contributed by atoms with Gasteiger partial charge in [-0.2, -0.15) is 10.1 Å². The molecule has 2 aromatic carbocycles. The van der Waals surface area contributed by atoms with Crippen LogP contribution in [0.5, 0.6) is 0 Å². The van der Waals surface area contributed by atoms with E-state index in [0.717, 1.165) is 10.5 Å². The molecule has 0 saturated carbocycles. The molecule has 0 aliphatic carbocycles. The minimum absolute atomic E-state index is 0.0285. The first-order chi connectivity index (χ1) is 14.1. The second-order valence-corrected chi connectivity index (χ2v) is 6.56. The largest absolute Gasteiger partial charge is 0.337 e. The molecule has 1 aromatic heterocycles. The van der Waals surface area contributed by atoms with Gasteiger partial charge in [0, 0.05) is 5.56 Å². The number of benzene rings is 2. The highest BCUT2D eigenvalue weighted by Gasteiger charge is 2.55. The molecule has 0 radical (unpaired) electrons. The van der Waals surface area contributed by atoms with Crippen LogP contribution in [0.4, 0.5) is 10.1 Å². The number of carbonyl (C=O) groups excluding carboxylic acids is 2. The van der Waals surface area contributed by atoms with Crippen molar-refractivity contribution in [2.24, 2.45) is 10.3 Å². The SMILES string of the molecule is O=C1[C@H]2N=NN(Cc3nc(-c4ccccc4)no3)[C@@H]2C(=O)N1c1ccc(F)cc1. The van der Waals surface area contributed by atoms with E-state index >= 15 is 0 Å². The first-order valence-corrected chi connectivity index (χ1v) is 8.80. The second kappa shape index (κ2) is 6.59. The third kappa shape index (κ3) is 2.85. The summed E-state index contributed by atoms with van der Waals surface area (Å²) in [5, 5.41) is 13.2. The van der Waals surface area contributed by atoms with E-state index in [0.29, 0.717) is 5.82 Å². The fraction of sp³-hybridized carbons (Fsp3) is 0.158. The summed E-state index contributed by atoms with van der Waals surface area (Å²) in [4.78, 5) is 30.9. The third-order valence-corrected chi connectivity index (χ3v) is 4.74. The van der Waals surface area contributed by atoms with Gasteiger partial charge < -0.3 is 4.52 Å². The van der Waals surface area contributed by atoms with Gasteiger partial charge in [0.25, 0.3) is 11.8 Å². The predicted molar refractivity (Wildman–Crippen MR) is 96.6 cm³/mol. The lowest BCUT2D eigenvalue weighted by Crippen LogP contribution is -2.39. The van der Waals surface area contributed by atoms with E-state index in [2.05, 4.69) is 20.5 Å². The van der Waals surface area contributed by atoms with Gasteiger partial charge in [-0.1, -0.05) is 40.7 Å². The molecule has 3 aromatic rings. The summed E-state index contributed by atoms with van der Waals surface area (Å²) in [6.07, 6.45) is 0. The number of rotatable bonds is 4. The number of hydrogen-bond acceptors (Lipinski definition) is 8. The molecule has 29 heavy (non-hydrogen) atoms. The standard InChI is InChI=1S/C19H13FN6O3/c20-12-6-8-13(9-7-12)26-18(27)15-16(19(26)28)25(24-22-15)10-14-21-17(23-29-14)11-4-2-1-3-5-11/h1-9,15-16H,10H2/t15-,16-/m0/s1. The van der Waals surface area contributed by atoms with E-state index in [1.165, 1.54) is 29.3 Å². The molecule has 0 bridgehead atoms. The minimum atomic E-state index is -0.955. The highest BCUT2D eigenvalue weighted by molar-refractivity contribution is 6.25. The average molecular weight is 392 g/mol. The quantitative estimate of drug-likeness (QED) is 0.632. The van der Waals surface area contributed by atoms with Crippen molar-refractivity contribution < 1.29 is 18.5 Å². The number of hydrogen-bond donors (Lipinski definition) is 0. The van der Waals surface area contributed by atoms with Gasteiger partial charge in [0.05, 0.1) is 5.69 Å². The number of nitrogens with zero attached hydrogens (tertiary/aromatic N) is 6. The zero-order valence-corrected chi connectivity index (χ0v) is 14.8. The normalized spacial score (nSPS) is 20.6. The van der Waals surface area contributed by atoms with Crippen LogP contribution >= 0.6 is 0 Å². The lowest BCUT2D eigenvalue weighted by Gasteiger charge is -2.19. The molecule has 10 heteroatoms. The summed E-state index contributed by atoms with van der Waals surface area (Å²) in [5.41, 5.74) is 1.08. The highest BCUT2D eigenvalue weighted by atomic mass is 19.1. The summed E-state index contributed by atoms with van der Waals surface area (Å²) < 4.78 is 18.4. The second-order valence-electron chi connectivity index (χ2n) is 6.56. The maximum absolute atomic E-state index is 13.2. The van der Waals surface area contributed by atoms with Crippen LogP contribution in [0.3, 0.4) is 0 Å². The van der Waals surface area contributed by atoms with E-state index in [4.69, 9.17) is 4.52 Å². The number of imide groups is 1. The average Bonchev–Trinajstić information content (AvgIpc) is 3.43. The molecule has 144 valence electrons. The molecule has 9 nitrogen and oxygen atoms in total. The van der Waals surface area contributed by atoms with Crippen molar-refractivity contribution in [2.45, 2.75) is 18.6 Å². The molecule has 2 atom stereocenters. The van der Waals surface area contributed by atoms with E-state index < -0.39 is 29.7 Å². The molecule has 1 saturated heterocycles. The molecular formula is C19H13FN6O3. The van der Waals surface area contributed by atoms with Crippen molar-refractivity contribution in [3.05, 3.63) is 66.3 Å². The van der Waals surface area contributed by atoms with E-state index in [1.807, 2.05) is 30.3 Å². The van der Waals surface area contributed by atoms with Crippen LogP contribution in [-0.2, 0) is 16.1 Å². The topological polar surface area (TPSA) is 104 Å². The van der Waals surface area contributed by atoms with Gasteiger partial charge in [-0.05, 0) is 24.3 Å². The fourth-order valence-electron chi connectivity index (χ4n) is 3.36. The maximum Gasteiger partial charge on any atom is 0.263 e. The molecule has 2 aliphatic heterocycles. The Kier molecular flexibility index (Phi) is 3.90. The Morgan fingerprint density at radius 2 is 1.76 bits per heavy atom. The van der Waals surface area contributed by atoms with Gasteiger partial charge in [-0.25, -0.2) is 9.29 Å². The molecule has 5 rings (SSSR count). The lowest BCUT2D eigenvalue weighted by molar-refractivity contribution is -0.123. The Morgan fingerprint density at radius 3 is 2.52 bits per heavy atom. The Morgan fingerprint density at radius 1 is 1.00 bits per heavy atom. The van der Waals surface area contributed by atoms with Gasteiger partial charge in [0.15, 0.2) is 12.1 Å². The Labute approximate surface area is 163 Å². The van der Waals surface area contributed by atoms with Gasteiger partial charge in [0.1, 0.15) is 12.4 Å². The number of anilines is 1. The molecule has 2 aliphatic rings. The summed E-state index contributed by atoms with van der Waals surface area (Å²) in [5.74, 6) is -0.799. The van der Waals surface area contributed by atoms with Crippen molar-refractivity contribution in [2.75, 3.05) is 4.90 Å². The Balaban J connectivity index is 1.37. The molecular weight excluding hydrogens is 379 g/mol. The fourth-order valence-corrected chi connectivity index (χ4v) is 3.36. The smallest absolute Gasteiger partial charge is 0.263 e. The van der Waals surface area contributed by atoms with Crippen molar-refractivity contribution in [1.82, 2.24) is 15.1 Å². The van der Waals surface area contributed by atoms with Crippen molar-refractivity contribution in [3.63, 3.8) is 0 Å². The van der Waals surface area contributed by atoms with E-state index in [-0.39, 0.29) is 18.1 Å². The van der Waals surface area contributed by atoms with E-state index in [9.17, 15) is 14.0 Å². The number of carbonyl (C=O) groups is 2. The van der Waals surface area contributed by atoms with Crippen LogP contribution in [0.15, 0.2) is 69.5 Å². The van der Waals surface area contributed by atoms with Crippen LogP contribution < -0.4 is 4.90 Å².